The molecule has 1 rings (SSSR count). The number of piperidine rings is 1. The Kier molecular flexibility index (Phi) is 6.46. The van der Waals surface area contributed by atoms with Crippen LogP contribution in [-0.2, 0) is 9.59 Å². The van der Waals surface area contributed by atoms with Gasteiger partial charge in [-0.1, -0.05) is 13.8 Å². The molecule has 0 aromatic carbocycles. The lowest BCUT2D eigenvalue weighted by molar-refractivity contribution is -0.139. The topological polar surface area (TPSA) is 52.7 Å². The minimum atomic E-state index is -0.0505. The maximum atomic E-state index is 12.6. The minimum absolute atomic E-state index is 0.0505. The van der Waals surface area contributed by atoms with E-state index < -0.39 is 0 Å². The molecule has 5 heteroatoms. The Morgan fingerprint density at radius 2 is 1.80 bits per heavy atom. The molecule has 1 atom stereocenters. The van der Waals surface area contributed by atoms with E-state index in [0.29, 0.717) is 18.3 Å². The van der Waals surface area contributed by atoms with Crippen molar-refractivity contribution >= 4 is 11.8 Å². The van der Waals surface area contributed by atoms with E-state index >= 15 is 0 Å². The minimum Gasteiger partial charge on any atom is -0.359 e. The number of nitrogens with zero attached hydrogens (tertiary/aromatic N) is 2. The Labute approximate surface area is 122 Å². The lowest BCUT2D eigenvalue weighted by Crippen LogP contribution is -2.51. The van der Waals surface area contributed by atoms with Crippen LogP contribution in [-0.4, -0.2) is 61.9 Å². The fourth-order valence-corrected chi connectivity index (χ4v) is 3.01. The number of carbonyl (C=O) groups is 2. The molecule has 0 bridgehead atoms. The van der Waals surface area contributed by atoms with Gasteiger partial charge in [0.05, 0.1) is 6.04 Å². The van der Waals surface area contributed by atoms with Crippen LogP contribution in [0.4, 0.5) is 0 Å². The van der Waals surface area contributed by atoms with Crippen molar-refractivity contribution in [1.29, 1.82) is 0 Å². The molecule has 116 valence electrons. The second kappa shape index (κ2) is 7.62. The van der Waals surface area contributed by atoms with Crippen LogP contribution in [0.2, 0.25) is 0 Å². The first-order valence-corrected chi connectivity index (χ1v) is 7.52. The summed E-state index contributed by atoms with van der Waals surface area (Å²) in [5, 5.41) is 2.67. The first-order chi connectivity index (χ1) is 9.36. The molecular formula is C15H29N3O2. The van der Waals surface area contributed by atoms with E-state index in [9.17, 15) is 9.59 Å². The van der Waals surface area contributed by atoms with Gasteiger partial charge in [-0.3, -0.25) is 14.5 Å². The highest BCUT2D eigenvalue weighted by atomic mass is 16.2. The smallest absolute Gasteiger partial charge is 0.240 e. The van der Waals surface area contributed by atoms with Crippen LogP contribution in [0.5, 0.6) is 0 Å². The fraction of sp³-hybridized carbons (Fsp3) is 0.867. The molecule has 1 heterocycles. The molecule has 1 aliphatic rings. The predicted molar refractivity (Wildman–Crippen MR) is 80.3 cm³/mol. The fourth-order valence-electron chi connectivity index (χ4n) is 3.01. The van der Waals surface area contributed by atoms with Crippen LogP contribution in [0.1, 0.15) is 33.1 Å². The van der Waals surface area contributed by atoms with Crippen LogP contribution < -0.4 is 5.32 Å². The lowest BCUT2D eigenvalue weighted by Gasteiger charge is -2.37. The Morgan fingerprint density at radius 1 is 1.25 bits per heavy atom. The zero-order valence-corrected chi connectivity index (χ0v) is 13.5. The SMILES string of the molecule is CNC(=O)CC1CCN(C(=O)[C@@H](C(C)C)N(C)C)CC1. The molecule has 1 saturated heterocycles. The summed E-state index contributed by atoms with van der Waals surface area (Å²) >= 11 is 0. The highest BCUT2D eigenvalue weighted by Gasteiger charge is 2.31. The summed E-state index contributed by atoms with van der Waals surface area (Å²) in [6.07, 6.45) is 2.44. The van der Waals surface area contributed by atoms with Gasteiger partial charge >= 0.3 is 0 Å². The van der Waals surface area contributed by atoms with E-state index in [1.807, 2.05) is 23.9 Å². The van der Waals surface area contributed by atoms with Gasteiger partial charge in [-0.2, -0.15) is 0 Å². The van der Waals surface area contributed by atoms with Crippen molar-refractivity contribution in [2.24, 2.45) is 11.8 Å². The summed E-state index contributed by atoms with van der Waals surface area (Å²) in [6.45, 7) is 5.72. The van der Waals surface area contributed by atoms with Gasteiger partial charge in [-0.15, -0.1) is 0 Å². The molecule has 1 fully saturated rings. The van der Waals surface area contributed by atoms with Gasteiger partial charge in [0, 0.05) is 26.6 Å². The van der Waals surface area contributed by atoms with Gasteiger partial charge in [0.1, 0.15) is 0 Å². The molecular weight excluding hydrogens is 254 g/mol. The van der Waals surface area contributed by atoms with Crippen LogP contribution in [0.15, 0.2) is 0 Å². The zero-order valence-electron chi connectivity index (χ0n) is 13.5. The maximum absolute atomic E-state index is 12.6. The molecule has 0 spiro atoms. The molecule has 1 N–H and O–H groups in total. The summed E-state index contributed by atoms with van der Waals surface area (Å²) in [5.41, 5.74) is 0. The molecule has 0 saturated carbocycles. The third-order valence-corrected chi connectivity index (χ3v) is 4.12. The maximum Gasteiger partial charge on any atom is 0.240 e. The third kappa shape index (κ3) is 4.47. The van der Waals surface area contributed by atoms with Crippen molar-refractivity contribution in [2.45, 2.75) is 39.2 Å². The van der Waals surface area contributed by atoms with Gasteiger partial charge in [0.25, 0.3) is 0 Å². The standard InChI is InChI=1S/C15H29N3O2/c1-11(2)14(17(4)5)15(20)18-8-6-12(7-9-18)10-13(19)16-3/h11-12,14H,6-10H2,1-5H3,(H,16,19)/t14-/m1/s1. The second-order valence-electron chi connectivity index (χ2n) is 6.30. The second-order valence-corrected chi connectivity index (χ2v) is 6.30. The van der Waals surface area contributed by atoms with Gasteiger partial charge in [0.2, 0.25) is 11.8 Å². The zero-order chi connectivity index (χ0) is 15.3. The molecule has 0 aromatic rings. The number of amides is 2. The van der Waals surface area contributed by atoms with Gasteiger partial charge in [-0.25, -0.2) is 0 Å². The van der Waals surface area contributed by atoms with E-state index in [0.717, 1.165) is 25.9 Å². The number of hydrogen-bond acceptors (Lipinski definition) is 3. The van der Waals surface area contributed by atoms with Gasteiger partial charge < -0.3 is 10.2 Å². The first kappa shape index (κ1) is 17.0. The highest BCUT2D eigenvalue weighted by molar-refractivity contribution is 5.82. The molecule has 0 aromatic heterocycles. The van der Waals surface area contributed by atoms with Crippen LogP contribution in [0.3, 0.4) is 0 Å². The number of hydrogen-bond donors (Lipinski definition) is 1. The summed E-state index contributed by atoms with van der Waals surface area (Å²) in [4.78, 5) is 27.9. The lowest BCUT2D eigenvalue weighted by atomic mass is 9.92. The average molecular weight is 283 g/mol. The van der Waals surface area contributed by atoms with E-state index in [1.54, 1.807) is 7.05 Å². The van der Waals surface area contributed by atoms with Crippen molar-refractivity contribution in [3.63, 3.8) is 0 Å². The van der Waals surface area contributed by atoms with E-state index in [2.05, 4.69) is 19.2 Å². The third-order valence-electron chi connectivity index (χ3n) is 4.12. The van der Waals surface area contributed by atoms with Crippen molar-refractivity contribution in [3.8, 4) is 0 Å². The highest BCUT2D eigenvalue weighted by Crippen LogP contribution is 2.22. The van der Waals surface area contributed by atoms with Gasteiger partial charge in [-0.05, 0) is 38.8 Å². The number of rotatable bonds is 5. The summed E-state index contributed by atoms with van der Waals surface area (Å²) in [7, 11) is 5.59. The molecule has 1 aliphatic heterocycles. The molecule has 0 radical (unpaired) electrons. The van der Waals surface area contributed by atoms with Crippen molar-refractivity contribution < 1.29 is 9.59 Å². The molecule has 20 heavy (non-hydrogen) atoms. The Morgan fingerprint density at radius 3 is 2.20 bits per heavy atom. The summed E-state index contributed by atoms with van der Waals surface area (Å²) in [5.74, 6) is 1.04. The average Bonchev–Trinajstić information content (AvgIpc) is 2.38. The molecule has 5 nitrogen and oxygen atoms in total. The quantitative estimate of drug-likeness (QED) is 0.817. The van der Waals surface area contributed by atoms with E-state index in [-0.39, 0.29) is 17.9 Å². The normalized spacial score (nSPS) is 18.4. The predicted octanol–water partition coefficient (Wildman–Crippen LogP) is 0.947. The van der Waals surface area contributed by atoms with Gasteiger partial charge in [0.15, 0.2) is 0 Å². The van der Waals surface area contributed by atoms with E-state index in [1.165, 1.54) is 0 Å². The van der Waals surface area contributed by atoms with Crippen molar-refractivity contribution in [3.05, 3.63) is 0 Å². The monoisotopic (exact) mass is 283 g/mol. The number of likely N-dealkylation sites (tertiary alicyclic amines) is 1. The Hall–Kier alpha value is -1.10. The van der Waals surface area contributed by atoms with Crippen LogP contribution in [0, 0.1) is 11.8 Å². The summed E-state index contributed by atoms with van der Waals surface area (Å²) < 4.78 is 0. The number of likely N-dealkylation sites (N-methyl/N-ethyl adjacent to an activating group) is 1. The Balaban J connectivity index is 2.52. The summed E-state index contributed by atoms with van der Waals surface area (Å²) in [6, 6.07) is -0.0505. The van der Waals surface area contributed by atoms with Crippen LogP contribution >= 0.6 is 0 Å². The Bertz CT molecular complexity index is 326. The molecule has 0 unspecified atom stereocenters. The first-order valence-electron chi connectivity index (χ1n) is 7.52. The van der Waals surface area contributed by atoms with Crippen molar-refractivity contribution in [1.82, 2.24) is 15.1 Å². The number of carbonyl (C=O) groups excluding carboxylic acids is 2. The molecule has 2 amide bonds. The van der Waals surface area contributed by atoms with Crippen LogP contribution in [0.25, 0.3) is 0 Å². The van der Waals surface area contributed by atoms with E-state index in [4.69, 9.17) is 0 Å². The van der Waals surface area contributed by atoms with Crippen molar-refractivity contribution in [2.75, 3.05) is 34.2 Å². The largest absolute Gasteiger partial charge is 0.359 e. The molecule has 0 aliphatic carbocycles. The number of nitrogens with one attached hydrogen (secondary N) is 1.